The number of anilines is 2. The van der Waals surface area contributed by atoms with Crippen molar-refractivity contribution in [1.82, 2.24) is 0 Å². The van der Waals surface area contributed by atoms with Crippen molar-refractivity contribution in [2.45, 2.75) is 0 Å². The first kappa shape index (κ1) is 14.2. The Morgan fingerprint density at radius 3 is 2.20 bits per heavy atom. The van der Waals surface area contributed by atoms with Crippen LogP contribution in [0.4, 0.5) is 20.2 Å². The Kier molecular flexibility index (Phi) is 4.14. The van der Waals surface area contributed by atoms with Gasteiger partial charge in [0.05, 0.1) is 7.11 Å². The number of thiocarbonyl (C=S) groups is 1. The molecule has 3 nitrogen and oxygen atoms in total. The van der Waals surface area contributed by atoms with E-state index < -0.39 is 11.6 Å². The molecule has 104 valence electrons. The van der Waals surface area contributed by atoms with Crippen molar-refractivity contribution < 1.29 is 13.5 Å². The second-order valence-corrected chi connectivity index (χ2v) is 4.47. The minimum absolute atomic E-state index is 0.00968. The van der Waals surface area contributed by atoms with Crippen LogP contribution in [0.1, 0.15) is 5.56 Å². The average Bonchev–Trinajstić information content (AvgIpc) is 2.38. The van der Waals surface area contributed by atoms with Crippen molar-refractivity contribution in [2.24, 2.45) is 5.73 Å². The molecule has 0 fully saturated rings. The second-order valence-electron chi connectivity index (χ2n) is 4.03. The monoisotopic (exact) mass is 294 g/mol. The number of hydrogen-bond acceptors (Lipinski definition) is 3. The van der Waals surface area contributed by atoms with Crippen LogP contribution in [0.15, 0.2) is 36.4 Å². The van der Waals surface area contributed by atoms with E-state index >= 15 is 0 Å². The van der Waals surface area contributed by atoms with Crippen LogP contribution in [-0.4, -0.2) is 12.1 Å². The van der Waals surface area contributed by atoms with Gasteiger partial charge < -0.3 is 15.8 Å². The minimum atomic E-state index is -0.531. The standard InChI is InChI=1S/C14H12F2N2OS/c1-19-13-5-3-9(7-12(13)16)18-8-2-4-10(14(17)20)11(15)6-8/h2-7,18H,1H3,(H2,17,20). The van der Waals surface area contributed by atoms with Gasteiger partial charge in [-0.05, 0) is 30.3 Å². The molecular formula is C14H12F2N2OS. The van der Waals surface area contributed by atoms with Crippen LogP contribution in [0.3, 0.4) is 0 Å². The summed E-state index contributed by atoms with van der Waals surface area (Å²) >= 11 is 4.72. The van der Waals surface area contributed by atoms with Crippen molar-refractivity contribution >= 4 is 28.6 Å². The largest absolute Gasteiger partial charge is 0.494 e. The zero-order valence-electron chi connectivity index (χ0n) is 10.6. The van der Waals surface area contributed by atoms with Crippen molar-refractivity contribution in [2.75, 3.05) is 12.4 Å². The van der Waals surface area contributed by atoms with Gasteiger partial charge in [-0.15, -0.1) is 0 Å². The molecule has 0 saturated heterocycles. The molecule has 0 amide bonds. The van der Waals surface area contributed by atoms with Gasteiger partial charge in [0, 0.05) is 23.0 Å². The number of nitrogens with two attached hydrogens (primary N) is 1. The third-order valence-electron chi connectivity index (χ3n) is 2.68. The quantitative estimate of drug-likeness (QED) is 0.849. The lowest BCUT2D eigenvalue weighted by Crippen LogP contribution is -2.11. The predicted octanol–water partition coefficient (Wildman–Crippen LogP) is 3.35. The molecule has 2 aromatic carbocycles. The van der Waals surface area contributed by atoms with Gasteiger partial charge >= 0.3 is 0 Å². The molecule has 0 aliphatic carbocycles. The highest BCUT2D eigenvalue weighted by molar-refractivity contribution is 7.80. The molecular weight excluding hydrogens is 282 g/mol. The van der Waals surface area contributed by atoms with Crippen LogP contribution in [0.2, 0.25) is 0 Å². The van der Waals surface area contributed by atoms with E-state index in [-0.39, 0.29) is 16.3 Å². The predicted molar refractivity (Wildman–Crippen MR) is 78.5 cm³/mol. The Bertz CT molecular complexity index is 662. The van der Waals surface area contributed by atoms with Gasteiger partial charge in [-0.3, -0.25) is 0 Å². The fourth-order valence-corrected chi connectivity index (χ4v) is 1.87. The highest BCUT2D eigenvalue weighted by Gasteiger charge is 2.07. The number of hydrogen-bond donors (Lipinski definition) is 2. The van der Waals surface area contributed by atoms with E-state index in [1.54, 1.807) is 12.1 Å². The minimum Gasteiger partial charge on any atom is -0.494 e. The van der Waals surface area contributed by atoms with Gasteiger partial charge in [0.15, 0.2) is 11.6 Å². The van der Waals surface area contributed by atoms with Gasteiger partial charge in [0.1, 0.15) is 10.8 Å². The number of methoxy groups -OCH3 is 1. The Morgan fingerprint density at radius 2 is 1.70 bits per heavy atom. The van der Waals surface area contributed by atoms with E-state index in [2.05, 4.69) is 5.32 Å². The van der Waals surface area contributed by atoms with Crippen molar-refractivity contribution in [3.8, 4) is 5.75 Å². The zero-order chi connectivity index (χ0) is 14.7. The summed E-state index contributed by atoms with van der Waals surface area (Å²) in [5.41, 5.74) is 6.49. The highest BCUT2D eigenvalue weighted by Crippen LogP contribution is 2.24. The molecule has 0 unspecified atom stereocenters. The zero-order valence-corrected chi connectivity index (χ0v) is 11.4. The molecule has 6 heteroatoms. The maximum Gasteiger partial charge on any atom is 0.167 e. The van der Waals surface area contributed by atoms with Crippen molar-refractivity contribution in [1.29, 1.82) is 0 Å². The first-order valence-electron chi connectivity index (χ1n) is 5.71. The third kappa shape index (κ3) is 3.03. The first-order valence-corrected chi connectivity index (χ1v) is 6.12. The summed E-state index contributed by atoms with van der Waals surface area (Å²) in [6.07, 6.45) is 0. The first-order chi connectivity index (χ1) is 9.51. The molecule has 0 saturated carbocycles. The summed E-state index contributed by atoms with van der Waals surface area (Å²) in [7, 11) is 1.38. The second kappa shape index (κ2) is 5.83. The molecule has 0 radical (unpaired) electrons. The summed E-state index contributed by atoms with van der Waals surface area (Å²) in [5.74, 6) is -0.889. The molecule has 0 aromatic heterocycles. The van der Waals surface area contributed by atoms with Crippen LogP contribution in [0.25, 0.3) is 0 Å². The van der Waals surface area contributed by atoms with Crippen LogP contribution in [-0.2, 0) is 0 Å². The number of ether oxygens (including phenoxy) is 1. The highest BCUT2D eigenvalue weighted by atomic mass is 32.1. The molecule has 0 aliphatic heterocycles. The molecule has 3 N–H and O–H groups in total. The maximum absolute atomic E-state index is 13.7. The Labute approximate surface area is 120 Å². The number of rotatable bonds is 4. The summed E-state index contributed by atoms with van der Waals surface area (Å²) in [6.45, 7) is 0. The molecule has 2 rings (SSSR count). The number of benzene rings is 2. The molecule has 0 aliphatic rings. The molecule has 20 heavy (non-hydrogen) atoms. The smallest absolute Gasteiger partial charge is 0.167 e. The summed E-state index contributed by atoms with van der Waals surface area (Å²) < 4.78 is 32.1. The van der Waals surface area contributed by atoms with E-state index in [0.29, 0.717) is 11.4 Å². The number of nitrogens with one attached hydrogen (secondary N) is 1. The molecule has 2 aromatic rings. The van der Waals surface area contributed by atoms with Gasteiger partial charge in [0.2, 0.25) is 0 Å². The molecule has 0 heterocycles. The van der Waals surface area contributed by atoms with E-state index in [4.69, 9.17) is 22.7 Å². The molecule has 0 atom stereocenters. The fraction of sp³-hybridized carbons (Fsp3) is 0.0714. The Hall–Kier alpha value is -2.21. The Balaban J connectivity index is 2.24. The number of halogens is 2. The summed E-state index contributed by atoms with van der Waals surface area (Å²) in [4.78, 5) is -0.00968. The van der Waals surface area contributed by atoms with Gasteiger partial charge in [-0.2, -0.15) is 0 Å². The Morgan fingerprint density at radius 1 is 1.10 bits per heavy atom. The van der Waals surface area contributed by atoms with Gasteiger partial charge in [0.25, 0.3) is 0 Å². The van der Waals surface area contributed by atoms with Crippen LogP contribution in [0, 0.1) is 11.6 Å². The SMILES string of the molecule is COc1ccc(Nc2ccc(C(N)=S)c(F)c2)cc1F. The van der Waals surface area contributed by atoms with Gasteiger partial charge in [-0.25, -0.2) is 8.78 Å². The lowest BCUT2D eigenvalue weighted by atomic mass is 10.2. The molecule has 0 bridgehead atoms. The van der Waals surface area contributed by atoms with E-state index in [1.165, 1.54) is 31.4 Å². The average molecular weight is 294 g/mol. The van der Waals surface area contributed by atoms with Crippen molar-refractivity contribution in [3.05, 3.63) is 53.6 Å². The van der Waals surface area contributed by atoms with Gasteiger partial charge in [-0.1, -0.05) is 12.2 Å². The van der Waals surface area contributed by atoms with E-state index in [0.717, 1.165) is 0 Å². The lowest BCUT2D eigenvalue weighted by Gasteiger charge is -2.09. The van der Waals surface area contributed by atoms with E-state index in [1.807, 2.05) is 0 Å². The van der Waals surface area contributed by atoms with Crippen LogP contribution >= 0.6 is 12.2 Å². The lowest BCUT2D eigenvalue weighted by molar-refractivity contribution is 0.386. The molecule has 0 spiro atoms. The topological polar surface area (TPSA) is 47.3 Å². The fourth-order valence-electron chi connectivity index (χ4n) is 1.70. The van der Waals surface area contributed by atoms with Crippen LogP contribution in [0.5, 0.6) is 5.75 Å². The third-order valence-corrected chi connectivity index (χ3v) is 2.89. The van der Waals surface area contributed by atoms with Crippen LogP contribution < -0.4 is 15.8 Å². The summed E-state index contributed by atoms with van der Waals surface area (Å²) in [6, 6.07) is 8.70. The normalized spacial score (nSPS) is 10.2. The van der Waals surface area contributed by atoms with Crippen molar-refractivity contribution in [3.63, 3.8) is 0 Å². The van der Waals surface area contributed by atoms with E-state index in [9.17, 15) is 8.78 Å². The summed E-state index contributed by atoms with van der Waals surface area (Å²) in [5, 5.41) is 2.88. The maximum atomic E-state index is 13.7.